The summed E-state index contributed by atoms with van der Waals surface area (Å²) in [5.74, 6) is -0.265. The molecular formula is C10H13ClF2N2O3. The molecule has 0 unspecified atom stereocenters. The third kappa shape index (κ3) is 4.72. The summed E-state index contributed by atoms with van der Waals surface area (Å²) in [6.07, 6.45) is 0. The second-order valence-electron chi connectivity index (χ2n) is 2.99. The van der Waals surface area contributed by atoms with Gasteiger partial charge in [-0.25, -0.2) is 0 Å². The number of rotatable bonds is 5. The Morgan fingerprint density at radius 3 is 2.67 bits per heavy atom. The Labute approximate surface area is 109 Å². The molecule has 8 heteroatoms. The van der Waals surface area contributed by atoms with Crippen LogP contribution in [0.2, 0.25) is 0 Å². The number of methoxy groups -OCH3 is 1. The van der Waals surface area contributed by atoms with Crippen molar-refractivity contribution < 1.29 is 23.0 Å². The molecule has 0 spiro atoms. The summed E-state index contributed by atoms with van der Waals surface area (Å²) in [5, 5.41) is 2.34. The van der Waals surface area contributed by atoms with Crippen molar-refractivity contribution in [2.75, 3.05) is 19.0 Å². The van der Waals surface area contributed by atoms with E-state index in [0.29, 0.717) is 5.75 Å². The standard InChI is InChI=1S/C10H12F2N2O3.ClH/c1-16-6-2-3-8(17-10(11)12)7(4-6)14-9(15)5-13;/h2-4,10H,5,13H2,1H3,(H,14,15);1H. The van der Waals surface area contributed by atoms with E-state index in [0.717, 1.165) is 0 Å². The molecule has 0 saturated heterocycles. The van der Waals surface area contributed by atoms with Crippen molar-refractivity contribution in [3.05, 3.63) is 18.2 Å². The van der Waals surface area contributed by atoms with Crippen LogP contribution in [0.4, 0.5) is 14.5 Å². The van der Waals surface area contributed by atoms with E-state index in [2.05, 4.69) is 10.1 Å². The van der Waals surface area contributed by atoms with Gasteiger partial charge in [-0.15, -0.1) is 12.4 Å². The molecule has 0 heterocycles. The van der Waals surface area contributed by atoms with Gasteiger partial charge in [-0.3, -0.25) is 4.79 Å². The van der Waals surface area contributed by atoms with Gasteiger partial charge >= 0.3 is 6.61 Å². The average Bonchev–Trinajstić information content (AvgIpc) is 2.30. The van der Waals surface area contributed by atoms with E-state index in [1.165, 1.54) is 25.3 Å². The van der Waals surface area contributed by atoms with Crippen molar-refractivity contribution in [3.63, 3.8) is 0 Å². The van der Waals surface area contributed by atoms with Crippen LogP contribution in [0.15, 0.2) is 18.2 Å². The van der Waals surface area contributed by atoms with E-state index in [1.807, 2.05) is 0 Å². The molecule has 0 atom stereocenters. The molecule has 0 aliphatic rings. The summed E-state index contributed by atoms with van der Waals surface area (Å²) in [7, 11) is 1.41. The molecule has 1 aromatic carbocycles. The number of hydrogen-bond donors (Lipinski definition) is 2. The molecule has 0 radical (unpaired) electrons. The van der Waals surface area contributed by atoms with Gasteiger partial charge in [0.05, 0.1) is 19.3 Å². The largest absolute Gasteiger partial charge is 0.497 e. The zero-order chi connectivity index (χ0) is 12.8. The van der Waals surface area contributed by atoms with Crippen LogP contribution in [0.5, 0.6) is 11.5 Å². The number of ether oxygens (including phenoxy) is 2. The van der Waals surface area contributed by atoms with Gasteiger partial charge in [0.15, 0.2) is 0 Å². The highest BCUT2D eigenvalue weighted by Crippen LogP contribution is 2.30. The van der Waals surface area contributed by atoms with Gasteiger partial charge in [0, 0.05) is 6.07 Å². The number of benzene rings is 1. The maximum Gasteiger partial charge on any atom is 0.387 e. The number of amides is 1. The lowest BCUT2D eigenvalue weighted by molar-refractivity contribution is -0.115. The monoisotopic (exact) mass is 282 g/mol. The van der Waals surface area contributed by atoms with Crippen molar-refractivity contribution >= 4 is 24.0 Å². The zero-order valence-corrected chi connectivity index (χ0v) is 10.3. The van der Waals surface area contributed by atoms with Crippen LogP contribution in [0.1, 0.15) is 0 Å². The second kappa shape index (κ2) is 7.67. The summed E-state index contributed by atoms with van der Waals surface area (Å²) in [5.41, 5.74) is 5.19. The molecule has 1 rings (SSSR count). The first-order chi connectivity index (χ1) is 8.06. The normalized spacial score (nSPS) is 9.61. The first-order valence-electron chi connectivity index (χ1n) is 4.69. The van der Waals surface area contributed by atoms with E-state index in [4.69, 9.17) is 10.5 Å². The van der Waals surface area contributed by atoms with Crippen LogP contribution in [-0.4, -0.2) is 26.2 Å². The summed E-state index contributed by atoms with van der Waals surface area (Å²) in [6, 6.07) is 4.08. The van der Waals surface area contributed by atoms with Crippen molar-refractivity contribution in [1.29, 1.82) is 0 Å². The van der Waals surface area contributed by atoms with Crippen molar-refractivity contribution in [1.82, 2.24) is 0 Å². The lowest BCUT2D eigenvalue weighted by Gasteiger charge is -2.12. The highest BCUT2D eigenvalue weighted by molar-refractivity contribution is 5.93. The Morgan fingerprint density at radius 2 is 2.17 bits per heavy atom. The van der Waals surface area contributed by atoms with Crippen molar-refractivity contribution in [2.24, 2.45) is 5.73 Å². The van der Waals surface area contributed by atoms with Gasteiger partial charge < -0.3 is 20.5 Å². The fourth-order valence-corrected chi connectivity index (χ4v) is 1.13. The van der Waals surface area contributed by atoms with Crippen molar-refractivity contribution in [2.45, 2.75) is 6.61 Å². The topological polar surface area (TPSA) is 73.6 Å². The first-order valence-corrected chi connectivity index (χ1v) is 4.69. The molecule has 0 bridgehead atoms. The molecule has 102 valence electrons. The van der Waals surface area contributed by atoms with Gasteiger partial charge in [-0.05, 0) is 12.1 Å². The molecule has 1 amide bonds. The first kappa shape index (κ1) is 16.4. The minimum atomic E-state index is -2.98. The minimum absolute atomic E-state index is 0. The van der Waals surface area contributed by atoms with Gasteiger partial charge in [0.25, 0.3) is 0 Å². The number of nitrogens with one attached hydrogen (secondary N) is 1. The summed E-state index contributed by atoms with van der Waals surface area (Å²) in [6.45, 7) is -3.23. The lowest BCUT2D eigenvalue weighted by Crippen LogP contribution is -2.22. The third-order valence-electron chi connectivity index (χ3n) is 1.86. The van der Waals surface area contributed by atoms with Crippen molar-refractivity contribution in [3.8, 4) is 11.5 Å². The molecule has 0 aromatic heterocycles. The molecule has 0 saturated carbocycles. The quantitative estimate of drug-likeness (QED) is 0.861. The summed E-state index contributed by atoms with van der Waals surface area (Å²) in [4.78, 5) is 11.1. The molecule has 18 heavy (non-hydrogen) atoms. The van der Waals surface area contributed by atoms with E-state index in [9.17, 15) is 13.6 Å². The third-order valence-corrected chi connectivity index (χ3v) is 1.86. The fourth-order valence-electron chi connectivity index (χ4n) is 1.13. The number of halogens is 3. The van der Waals surface area contributed by atoms with E-state index < -0.39 is 12.5 Å². The van der Waals surface area contributed by atoms with Gasteiger partial charge in [0.2, 0.25) is 5.91 Å². The molecular weight excluding hydrogens is 270 g/mol. The predicted molar refractivity (Wildman–Crippen MR) is 64.6 cm³/mol. The summed E-state index contributed by atoms with van der Waals surface area (Å²) >= 11 is 0. The molecule has 0 aliphatic carbocycles. The summed E-state index contributed by atoms with van der Waals surface area (Å²) < 4.78 is 33.4. The molecule has 0 fully saturated rings. The molecule has 3 N–H and O–H groups in total. The van der Waals surface area contributed by atoms with Gasteiger partial charge in [-0.2, -0.15) is 8.78 Å². The number of alkyl halides is 2. The molecule has 0 aliphatic heterocycles. The average molecular weight is 283 g/mol. The highest BCUT2D eigenvalue weighted by Gasteiger charge is 2.12. The Hall–Kier alpha value is -1.60. The maximum atomic E-state index is 12.1. The number of hydrogen-bond acceptors (Lipinski definition) is 4. The smallest absolute Gasteiger partial charge is 0.387 e. The molecule has 1 aromatic rings. The fraction of sp³-hybridized carbons (Fsp3) is 0.300. The Morgan fingerprint density at radius 1 is 1.50 bits per heavy atom. The SMILES string of the molecule is COc1ccc(OC(F)F)c(NC(=O)CN)c1.Cl. The van der Waals surface area contributed by atoms with Crippen LogP contribution >= 0.6 is 12.4 Å². The van der Waals surface area contributed by atoms with Crippen LogP contribution in [0.3, 0.4) is 0 Å². The highest BCUT2D eigenvalue weighted by atomic mass is 35.5. The van der Waals surface area contributed by atoms with Crippen LogP contribution in [-0.2, 0) is 4.79 Å². The van der Waals surface area contributed by atoms with Gasteiger partial charge in [0.1, 0.15) is 11.5 Å². The number of anilines is 1. The number of carbonyl (C=O) groups is 1. The molecule has 5 nitrogen and oxygen atoms in total. The van der Waals surface area contributed by atoms with E-state index >= 15 is 0 Å². The zero-order valence-electron chi connectivity index (χ0n) is 9.48. The predicted octanol–water partition coefficient (Wildman–Crippen LogP) is 1.62. The van der Waals surface area contributed by atoms with Gasteiger partial charge in [-0.1, -0.05) is 0 Å². The Balaban J connectivity index is 0.00000289. The van der Waals surface area contributed by atoms with Crippen LogP contribution in [0, 0.1) is 0 Å². The van der Waals surface area contributed by atoms with E-state index in [-0.39, 0.29) is 30.4 Å². The minimum Gasteiger partial charge on any atom is -0.497 e. The van der Waals surface area contributed by atoms with E-state index in [1.54, 1.807) is 0 Å². The van der Waals surface area contributed by atoms with Crippen LogP contribution < -0.4 is 20.5 Å². The number of nitrogens with two attached hydrogens (primary N) is 1. The maximum absolute atomic E-state index is 12.1. The Kier molecular flexibility index (Phi) is 6.99. The lowest BCUT2D eigenvalue weighted by atomic mass is 10.2. The Bertz CT molecular complexity index is 405. The van der Waals surface area contributed by atoms with Crippen LogP contribution in [0.25, 0.3) is 0 Å². The number of carbonyl (C=O) groups excluding carboxylic acids is 1. The second-order valence-corrected chi connectivity index (χ2v) is 2.99.